The van der Waals surface area contributed by atoms with Crippen molar-refractivity contribution in [1.82, 2.24) is 8.75 Å². The Labute approximate surface area is 130 Å². The second kappa shape index (κ2) is 5.75. The highest BCUT2D eigenvalue weighted by atomic mass is 35.5. The summed E-state index contributed by atoms with van der Waals surface area (Å²) in [5, 5.41) is 13.7. The average molecular weight is 322 g/mol. The van der Waals surface area contributed by atoms with Crippen LogP contribution in [0.15, 0.2) is 30.3 Å². The van der Waals surface area contributed by atoms with Crippen molar-refractivity contribution in [2.45, 2.75) is 6.54 Å². The molecular formula is C14H12ClN3O2S. The molecule has 3 rings (SSSR count). The standard InChI is InChI=1S/C14H12ClN3O2S/c1-20-9-2-5-12(19)8(6-9)7-16-13-10(15)3-4-11-14(13)18-21-17-11/h2-6,16,19H,7H2,1H3. The van der Waals surface area contributed by atoms with Gasteiger partial charge in [-0.1, -0.05) is 11.6 Å². The number of nitrogens with one attached hydrogen (secondary N) is 1. The molecule has 2 N–H and O–H groups in total. The summed E-state index contributed by atoms with van der Waals surface area (Å²) in [7, 11) is 1.59. The molecule has 0 aliphatic carbocycles. The van der Waals surface area contributed by atoms with Gasteiger partial charge in [0.1, 0.15) is 22.5 Å². The highest BCUT2D eigenvalue weighted by Crippen LogP contribution is 2.31. The first-order valence-corrected chi connectivity index (χ1v) is 7.30. The maximum absolute atomic E-state index is 9.90. The molecule has 0 spiro atoms. The first kappa shape index (κ1) is 13.9. The number of methoxy groups -OCH3 is 1. The molecule has 7 heteroatoms. The number of nitrogens with zero attached hydrogens (tertiary/aromatic N) is 2. The molecule has 1 aromatic heterocycles. The molecule has 0 atom stereocenters. The van der Waals surface area contributed by atoms with Crippen molar-refractivity contribution in [3.63, 3.8) is 0 Å². The number of hydrogen-bond acceptors (Lipinski definition) is 6. The van der Waals surface area contributed by atoms with Crippen LogP contribution in [0.4, 0.5) is 5.69 Å². The fourth-order valence-corrected chi connectivity index (χ4v) is 2.77. The number of anilines is 1. The Morgan fingerprint density at radius 1 is 1.29 bits per heavy atom. The molecule has 0 unspecified atom stereocenters. The number of phenols is 1. The molecule has 0 bridgehead atoms. The van der Waals surface area contributed by atoms with E-state index in [-0.39, 0.29) is 5.75 Å². The number of benzene rings is 2. The normalized spacial score (nSPS) is 10.8. The number of halogens is 1. The third-order valence-corrected chi connectivity index (χ3v) is 3.98. The van der Waals surface area contributed by atoms with E-state index in [1.807, 2.05) is 6.07 Å². The van der Waals surface area contributed by atoms with E-state index in [1.54, 1.807) is 31.4 Å². The van der Waals surface area contributed by atoms with Gasteiger partial charge in [-0.25, -0.2) is 0 Å². The van der Waals surface area contributed by atoms with Crippen LogP contribution >= 0.6 is 23.3 Å². The predicted octanol–water partition coefficient (Wildman–Crippen LogP) is 3.67. The number of hydrogen-bond donors (Lipinski definition) is 2. The summed E-state index contributed by atoms with van der Waals surface area (Å²) in [5.74, 6) is 0.882. The van der Waals surface area contributed by atoms with Gasteiger partial charge in [0.2, 0.25) is 0 Å². The van der Waals surface area contributed by atoms with E-state index in [2.05, 4.69) is 14.1 Å². The first-order valence-electron chi connectivity index (χ1n) is 6.19. The van der Waals surface area contributed by atoms with Gasteiger partial charge in [-0.15, -0.1) is 0 Å². The number of aromatic nitrogens is 2. The summed E-state index contributed by atoms with van der Waals surface area (Å²) in [4.78, 5) is 0. The van der Waals surface area contributed by atoms with E-state index < -0.39 is 0 Å². The smallest absolute Gasteiger partial charge is 0.129 e. The number of ether oxygens (including phenoxy) is 1. The third-order valence-electron chi connectivity index (χ3n) is 3.12. The minimum atomic E-state index is 0.197. The lowest BCUT2D eigenvalue weighted by Crippen LogP contribution is -2.01. The molecule has 0 fully saturated rings. The molecule has 21 heavy (non-hydrogen) atoms. The van der Waals surface area contributed by atoms with Crippen molar-refractivity contribution in [2.24, 2.45) is 0 Å². The Kier molecular flexibility index (Phi) is 3.81. The topological polar surface area (TPSA) is 67.3 Å². The Balaban J connectivity index is 1.90. The van der Waals surface area contributed by atoms with Crippen LogP contribution in [0.25, 0.3) is 11.0 Å². The summed E-state index contributed by atoms with van der Waals surface area (Å²) in [5.41, 5.74) is 2.95. The zero-order valence-corrected chi connectivity index (χ0v) is 12.7. The van der Waals surface area contributed by atoms with Gasteiger partial charge in [-0.3, -0.25) is 0 Å². The second-order valence-corrected chi connectivity index (χ2v) is 5.34. The zero-order chi connectivity index (χ0) is 14.8. The molecule has 3 aromatic rings. The molecular weight excluding hydrogens is 310 g/mol. The van der Waals surface area contributed by atoms with Crippen molar-refractivity contribution in [3.05, 3.63) is 40.9 Å². The van der Waals surface area contributed by atoms with Gasteiger partial charge in [0.05, 0.1) is 29.5 Å². The van der Waals surface area contributed by atoms with E-state index in [0.717, 1.165) is 22.8 Å². The quantitative estimate of drug-likeness (QED) is 0.767. The fourth-order valence-electron chi connectivity index (χ4n) is 2.01. The van der Waals surface area contributed by atoms with Crippen LogP contribution < -0.4 is 10.1 Å². The van der Waals surface area contributed by atoms with Gasteiger partial charge in [-0.05, 0) is 30.3 Å². The summed E-state index contributed by atoms with van der Waals surface area (Å²) < 4.78 is 13.6. The number of fused-ring (bicyclic) bond motifs is 1. The molecule has 0 saturated heterocycles. The molecule has 0 saturated carbocycles. The van der Waals surface area contributed by atoms with Crippen molar-refractivity contribution in [1.29, 1.82) is 0 Å². The van der Waals surface area contributed by atoms with Gasteiger partial charge in [0.15, 0.2) is 0 Å². The van der Waals surface area contributed by atoms with Crippen molar-refractivity contribution >= 4 is 40.0 Å². The van der Waals surface area contributed by atoms with Gasteiger partial charge >= 0.3 is 0 Å². The van der Waals surface area contributed by atoms with Gasteiger partial charge in [-0.2, -0.15) is 8.75 Å². The Bertz CT molecular complexity index is 791. The first-order chi connectivity index (χ1) is 10.2. The predicted molar refractivity (Wildman–Crippen MR) is 84.4 cm³/mol. The molecule has 2 aromatic carbocycles. The fraction of sp³-hybridized carbons (Fsp3) is 0.143. The molecule has 0 aliphatic rings. The second-order valence-electron chi connectivity index (χ2n) is 4.40. The lowest BCUT2D eigenvalue weighted by molar-refractivity contribution is 0.411. The van der Waals surface area contributed by atoms with Crippen molar-refractivity contribution < 1.29 is 9.84 Å². The molecule has 5 nitrogen and oxygen atoms in total. The lowest BCUT2D eigenvalue weighted by Gasteiger charge is -2.11. The van der Waals surface area contributed by atoms with Crippen LogP contribution in [0.5, 0.6) is 11.5 Å². The Morgan fingerprint density at radius 2 is 2.14 bits per heavy atom. The van der Waals surface area contributed by atoms with E-state index in [0.29, 0.717) is 28.6 Å². The summed E-state index contributed by atoms with van der Waals surface area (Å²) >= 11 is 7.35. The zero-order valence-electron chi connectivity index (χ0n) is 11.1. The van der Waals surface area contributed by atoms with E-state index >= 15 is 0 Å². The summed E-state index contributed by atoms with van der Waals surface area (Å²) in [6.07, 6.45) is 0. The van der Waals surface area contributed by atoms with Gasteiger partial charge in [0.25, 0.3) is 0 Å². The van der Waals surface area contributed by atoms with Crippen LogP contribution in [-0.4, -0.2) is 21.0 Å². The number of rotatable bonds is 4. The lowest BCUT2D eigenvalue weighted by atomic mass is 10.1. The Morgan fingerprint density at radius 3 is 2.95 bits per heavy atom. The van der Waals surface area contributed by atoms with Crippen molar-refractivity contribution in [3.8, 4) is 11.5 Å². The highest BCUT2D eigenvalue weighted by Gasteiger charge is 2.11. The monoisotopic (exact) mass is 321 g/mol. The average Bonchev–Trinajstić information content (AvgIpc) is 2.96. The molecule has 108 valence electrons. The van der Waals surface area contributed by atoms with Gasteiger partial charge in [0, 0.05) is 12.1 Å². The van der Waals surface area contributed by atoms with Crippen LogP contribution in [-0.2, 0) is 6.54 Å². The minimum Gasteiger partial charge on any atom is -0.508 e. The van der Waals surface area contributed by atoms with E-state index in [1.165, 1.54) is 0 Å². The van der Waals surface area contributed by atoms with Crippen LogP contribution in [0.2, 0.25) is 5.02 Å². The van der Waals surface area contributed by atoms with E-state index in [4.69, 9.17) is 16.3 Å². The maximum Gasteiger partial charge on any atom is 0.129 e. The molecule has 1 heterocycles. The van der Waals surface area contributed by atoms with Crippen molar-refractivity contribution in [2.75, 3.05) is 12.4 Å². The summed E-state index contributed by atoms with van der Waals surface area (Å²) in [6.45, 7) is 0.402. The van der Waals surface area contributed by atoms with E-state index in [9.17, 15) is 5.11 Å². The molecule has 0 aliphatic heterocycles. The Hall–Kier alpha value is -2.05. The third kappa shape index (κ3) is 2.72. The number of phenolic OH excluding ortho intramolecular Hbond substituents is 1. The van der Waals surface area contributed by atoms with Crippen LogP contribution in [0.1, 0.15) is 5.56 Å². The SMILES string of the molecule is COc1ccc(O)c(CNc2c(Cl)ccc3nsnc23)c1. The van der Waals surface area contributed by atoms with Gasteiger partial charge < -0.3 is 15.2 Å². The summed E-state index contributed by atoms with van der Waals surface area (Å²) in [6, 6.07) is 8.68. The largest absolute Gasteiger partial charge is 0.508 e. The minimum absolute atomic E-state index is 0.197. The molecule has 0 radical (unpaired) electrons. The molecule has 0 amide bonds. The van der Waals surface area contributed by atoms with Crippen LogP contribution in [0, 0.1) is 0 Å². The maximum atomic E-state index is 9.90. The van der Waals surface area contributed by atoms with Crippen LogP contribution in [0.3, 0.4) is 0 Å². The highest BCUT2D eigenvalue weighted by molar-refractivity contribution is 7.00. The number of aromatic hydroxyl groups is 1.